The van der Waals surface area contributed by atoms with Crippen molar-refractivity contribution in [3.63, 3.8) is 0 Å². The summed E-state index contributed by atoms with van der Waals surface area (Å²) in [5, 5.41) is 7.97. The first-order valence-electron chi connectivity index (χ1n) is 5.65. The van der Waals surface area contributed by atoms with Gasteiger partial charge >= 0.3 is 0 Å². The van der Waals surface area contributed by atoms with E-state index >= 15 is 0 Å². The van der Waals surface area contributed by atoms with E-state index in [2.05, 4.69) is 17.3 Å². The standard InChI is InChI=1S/C12H16ClN3O/c1-3-14-10(11-4-5-12(13)17-11)6-9-7-15-16(2)8-9/h4-5,7-8,10,14H,3,6H2,1-2H3. The van der Waals surface area contributed by atoms with Crippen LogP contribution in [0.5, 0.6) is 0 Å². The van der Waals surface area contributed by atoms with Crippen molar-refractivity contribution in [1.82, 2.24) is 15.1 Å². The molecule has 0 aliphatic carbocycles. The van der Waals surface area contributed by atoms with E-state index in [0.29, 0.717) is 5.22 Å². The highest BCUT2D eigenvalue weighted by Gasteiger charge is 2.15. The maximum absolute atomic E-state index is 5.80. The minimum absolute atomic E-state index is 0.136. The highest BCUT2D eigenvalue weighted by molar-refractivity contribution is 6.28. The lowest BCUT2D eigenvalue weighted by molar-refractivity contribution is 0.417. The van der Waals surface area contributed by atoms with Gasteiger partial charge in [0, 0.05) is 13.2 Å². The van der Waals surface area contributed by atoms with Crippen molar-refractivity contribution >= 4 is 11.6 Å². The summed E-state index contributed by atoms with van der Waals surface area (Å²) in [5.74, 6) is 0.862. The van der Waals surface area contributed by atoms with Crippen molar-refractivity contribution < 1.29 is 4.42 Å². The first-order chi connectivity index (χ1) is 8.19. The van der Waals surface area contributed by atoms with Crippen LogP contribution in [0.4, 0.5) is 0 Å². The molecule has 0 saturated carbocycles. The summed E-state index contributed by atoms with van der Waals surface area (Å²) in [6, 6.07) is 3.81. The van der Waals surface area contributed by atoms with Crippen molar-refractivity contribution in [1.29, 1.82) is 0 Å². The Bertz CT molecular complexity index is 478. The molecule has 0 radical (unpaired) electrons. The second-order valence-electron chi connectivity index (χ2n) is 3.98. The molecule has 92 valence electrons. The number of hydrogen-bond donors (Lipinski definition) is 1. The van der Waals surface area contributed by atoms with Crippen molar-refractivity contribution in [3.8, 4) is 0 Å². The van der Waals surface area contributed by atoms with Crippen LogP contribution in [-0.2, 0) is 13.5 Å². The van der Waals surface area contributed by atoms with E-state index in [1.165, 1.54) is 5.56 Å². The lowest BCUT2D eigenvalue weighted by Crippen LogP contribution is -2.22. The third kappa shape index (κ3) is 3.11. The van der Waals surface area contributed by atoms with Gasteiger partial charge in [-0.2, -0.15) is 5.10 Å². The first kappa shape index (κ1) is 12.2. The molecular formula is C12H16ClN3O. The number of rotatable bonds is 5. The Kier molecular flexibility index (Phi) is 3.86. The number of nitrogens with one attached hydrogen (secondary N) is 1. The Morgan fingerprint density at radius 3 is 2.88 bits per heavy atom. The topological polar surface area (TPSA) is 43.0 Å². The predicted molar refractivity (Wildman–Crippen MR) is 67.0 cm³/mol. The molecule has 17 heavy (non-hydrogen) atoms. The van der Waals surface area contributed by atoms with E-state index in [-0.39, 0.29) is 6.04 Å². The SMILES string of the molecule is CCNC(Cc1cnn(C)c1)c1ccc(Cl)o1. The third-order valence-electron chi connectivity index (χ3n) is 2.59. The summed E-state index contributed by atoms with van der Waals surface area (Å²) in [4.78, 5) is 0. The molecule has 0 aliphatic heterocycles. The fourth-order valence-electron chi connectivity index (χ4n) is 1.85. The zero-order chi connectivity index (χ0) is 12.3. The van der Waals surface area contributed by atoms with Gasteiger partial charge in [0.05, 0.1) is 12.2 Å². The Labute approximate surface area is 106 Å². The summed E-state index contributed by atoms with van der Waals surface area (Å²) in [6.45, 7) is 2.95. The Hall–Kier alpha value is -1.26. The summed E-state index contributed by atoms with van der Waals surface area (Å²) >= 11 is 5.80. The van der Waals surface area contributed by atoms with Gasteiger partial charge in [0.25, 0.3) is 0 Å². The molecule has 1 unspecified atom stereocenters. The number of nitrogens with zero attached hydrogens (tertiary/aromatic N) is 2. The van der Waals surface area contributed by atoms with E-state index < -0.39 is 0 Å². The number of aryl methyl sites for hydroxylation is 1. The van der Waals surface area contributed by atoms with Crippen LogP contribution in [0.1, 0.15) is 24.3 Å². The highest BCUT2D eigenvalue weighted by Crippen LogP contribution is 2.23. The number of halogens is 1. The highest BCUT2D eigenvalue weighted by atomic mass is 35.5. The molecule has 5 heteroatoms. The summed E-state index contributed by atoms with van der Waals surface area (Å²) in [5.41, 5.74) is 1.17. The quantitative estimate of drug-likeness (QED) is 0.891. The smallest absolute Gasteiger partial charge is 0.193 e. The zero-order valence-electron chi connectivity index (χ0n) is 9.98. The van der Waals surface area contributed by atoms with Gasteiger partial charge in [0.15, 0.2) is 5.22 Å². The molecule has 4 nitrogen and oxygen atoms in total. The minimum Gasteiger partial charge on any atom is -0.448 e. The fourth-order valence-corrected chi connectivity index (χ4v) is 2.00. The normalized spacial score (nSPS) is 12.9. The summed E-state index contributed by atoms with van der Waals surface area (Å²) in [6.07, 6.45) is 4.72. The van der Waals surface area contributed by atoms with E-state index in [1.54, 1.807) is 10.7 Å². The lowest BCUT2D eigenvalue weighted by atomic mass is 10.1. The zero-order valence-corrected chi connectivity index (χ0v) is 10.7. The van der Waals surface area contributed by atoms with Gasteiger partial charge in [-0.3, -0.25) is 4.68 Å². The average molecular weight is 254 g/mol. The predicted octanol–water partition coefficient (Wildman–Crippen LogP) is 2.56. The van der Waals surface area contributed by atoms with E-state index in [1.807, 2.05) is 25.5 Å². The van der Waals surface area contributed by atoms with Crippen LogP contribution < -0.4 is 5.32 Å². The maximum atomic E-state index is 5.80. The largest absolute Gasteiger partial charge is 0.448 e. The Morgan fingerprint density at radius 2 is 2.35 bits per heavy atom. The van der Waals surface area contributed by atoms with Crippen LogP contribution in [0.25, 0.3) is 0 Å². The Morgan fingerprint density at radius 1 is 1.53 bits per heavy atom. The van der Waals surface area contributed by atoms with Crippen molar-refractivity contribution in [2.75, 3.05) is 6.54 Å². The third-order valence-corrected chi connectivity index (χ3v) is 2.79. The van der Waals surface area contributed by atoms with Crippen LogP contribution in [-0.4, -0.2) is 16.3 Å². The van der Waals surface area contributed by atoms with E-state index in [0.717, 1.165) is 18.7 Å². The van der Waals surface area contributed by atoms with Crippen molar-refractivity contribution in [2.24, 2.45) is 7.05 Å². The van der Waals surface area contributed by atoms with Crippen LogP contribution in [0.3, 0.4) is 0 Å². The molecule has 0 fully saturated rings. The van der Waals surface area contributed by atoms with Crippen LogP contribution in [0.2, 0.25) is 5.22 Å². The van der Waals surface area contributed by atoms with Gasteiger partial charge in [-0.1, -0.05) is 6.92 Å². The van der Waals surface area contributed by atoms with E-state index in [9.17, 15) is 0 Å². The molecule has 0 saturated heterocycles. The van der Waals surface area contributed by atoms with Gasteiger partial charge < -0.3 is 9.73 Å². The fraction of sp³-hybridized carbons (Fsp3) is 0.417. The summed E-state index contributed by atoms with van der Waals surface area (Å²) in [7, 11) is 1.91. The average Bonchev–Trinajstić information content (AvgIpc) is 2.87. The van der Waals surface area contributed by atoms with Gasteiger partial charge in [0.2, 0.25) is 0 Å². The molecular weight excluding hydrogens is 238 g/mol. The molecule has 0 bridgehead atoms. The number of aromatic nitrogens is 2. The van der Waals surface area contributed by atoms with Gasteiger partial charge in [0.1, 0.15) is 5.76 Å². The summed E-state index contributed by atoms with van der Waals surface area (Å²) < 4.78 is 7.25. The van der Waals surface area contributed by atoms with Crippen LogP contribution >= 0.6 is 11.6 Å². The molecule has 1 N–H and O–H groups in total. The van der Waals surface area contributed by atoms with E-state index in [4.69, 9.17) is 16.0 Å². The van der Waals surface area contributed by atoms with Crippen LogP contribution in [0.15, 0.2) is 28.9 Å². The molecule has 2 aromatic heterocycles. The number of furan rings is 1. The van der Waals surface area contributed by atoms with Gasteiger partial charge in [-0.25, -0.2) is 0 Å². The molecule has 1 atom stereocenters. The van der Waals surface area contributed by atoms with Gasteiger partial charge in [-0.05, 0) is 42.3 Å². The number of likely N-dealkylation sites (N-methyl/N-ethyl adjacent to an activating group) is 1. The maximum Gasteiger partial charge on any atom is 0.193 e. The lowest BCUT2D eigenvalue weighted by Gasteiger charge is -2.14. The molecule has 2 heterocycles. The molecule has 2 aromatic rings. The molecule has 0 amide bonds. The second kappa shape index (κ2) is 5.38. The Balaban J connectivity index is 2.12. The molecule has 0 aromatic carbocycles. The molecule has 0 spiro atoms. The first-order valence-corrected chi connectivity index (χ1v) is 6.03. The molecule has 0 aliphatic rings. The minimum atomic E-state index is 0.136. The van der Waals surface area contributed by atoms with Crippen LogP contribution in [0, 0.1) is 0 Å². The monoisotopic (exact) mass is 253 g/mol. The van der Waals surface area contributed by atoms with Gasteiger partial charge in [-0.15, -0.1) is 0 Å². The second-order valence-corrected chi connectivity index (χ2v) is 4.35. The molecule has 2 rings (SSSR count). The number of hydrogen-bond acceptors (Lipinski definition) is 3. The van der Waals surface area contributed by atoms with Crippen molar-refractivity contribution in [3.05, 3.63) is 41.1 Å². The van der Waals surface area contributed by atoms with Crippen molar-refractivity contribution in [2.45, 2.75) is 19.4 Å².